The van der Waals surface area contributed by atoms with E-state index in [1.165, 1.54) is 15.5 Å². The van der Waals surface area contributed by atoms with E-state index < -0.39 is 108 Å². The zero-order chi connectivity index (χ0) is 53.8. The Balaban J connectivity index is 1.06. The Morgan fingerprint density at radius 1 is 0.973 bits per heavy atom. The summed E-state index contributed by atoms with van der Waals surface area (Å²) in [4.78, 5) is 125. The normalized spacial score (nSPS) is 16.8. The minimum Gasteiger partial charge on any atom is -0.480 e. The van der Waals surface area contributed by atoms with Gasteiger partial charge in [-0.2, -0.15) is 0 Å². The zero-order valence-corrected chi connectivity index (χ0v) is 41.7. The van der Waals surface area contributed by atoms with Crippen LogP contribution in [0.25, 0.3) is 22.3 Å². The van der Waals surface area contributed by atoms with Gasteiger partial charge in [0.1, 0.15) is 30.6 Å². The van der Waals surface area contributed by atoms with E-state index in [0.29, 0.717) is 57.4 Å². The van der Waals surface area contributed by atoms with Gasteiger partial charge in [0, 0.05) is 55.1 Å². The summed E-state index contributed by atoms with van der Waals surface area (Å²) in [6, 6.07) is 9.50. The number of pyridine rings is 2. The second-order valence-electron chi connectivity index (χ2n) is 19.6. The fourth-order valence-corrected chi connectivity index (χ4v) is 9.63. The number of primary amides is 1. The Morgan fingerprint density at radius 3 is 2.36 bits per heavy atom. The van der Waals surface area contributed by atoms with Crippen molar-refractivity contribution in [2.75, 3.05) is 45.8 Å². The number of hydrogen-bond acceptors (Lipinski definition) is 14. The average Bonchev–Trinajstić information content (AvgIpc) is 3.71. The first kappa shape index (κ1) is 54.0. The van der Waals surface area contributed by atoms with Crippen molar-refractivity contribution < 1.29 is 62.4 Å². The van der Waals surface area contributed by atoms with Crippen molar-refractivity contribution >= 4 is 58.5 Å². The van der Waals surface area contributed by atoms with E-state index in [4.69, 9.17) is 20.2 Å². The number of aliphatic hydroxyl groups is 1. The number of nitrogens with zero attached hydrogens (tertiary/aromatic N) is 4. The molecule has 3 aliphatic rings. The van der Waals surface area contributed by atoms with Crippen LogP contribution >= 0.6 is 0 Å². The summed E-state index contributed by atoms with van der Waals surface area (Å²) in [6.45, 7) is 5.04. The van der Waals surface area contributed by atoms with Crippen molar-refractivity contribution in [3.63, 3.8) is 0 Å². The summed E-state index contributed by atoms with van der Waals surface area (Å²) < 4.78 is 27.3. The second kappa shape index (κ2) is 22.1. The van der Waals surface area contributed by atoms with Crippen LogP contribution < -0.4 is 32.6 Å². The number of nitrogens with one attached hydrogen (secondary N) is 4. The molecule has 0 spiro atoms. The maximum absolute atomic E-state index is 15.5. The Morgan fingerprint density at radius 2 is 1.69 bits per heavy atom. The van der Waals surface area contributed by atoms with Gasteiger partial charge < -0.3 is 56.2 Å². The van der Waals surface area contributed by atoms with Gasteiger partial charge in [-0.1, -0.05) is 37.3 Å². The monoisotopic (exact) mass is 1030 g/mol. The lowest BCUT2D eigenvalue weighted by molar-refractivity contribution is -0.172. The third kappa shape index (κ3) is 12.0. The number of carbonyl (C=O) groups excluding carboxylic acids is 7. The van der Waals surface area contributed by atoms with Crippen molar-refractivity contribution in [2.45, 2.75) is 103 Å². The van der Waals surface area contributed by atoms with Crippen molar-refractivity contribution in [3.05, 3.63) is 97.6 Å². The molecule has 0 fully saturated rings. The third-order valence-corrected chi connectivity index (χ3v) is 13.2. The lowest BCUT2D eigenvalue weighted by Crippen LogP contribution is -2.54. The molecular formula is C51H60FN9O13. The minimum absolute atomic E-state index is 0.0181. The van der Waals surface area contributed by atoms with Crippen molar-refractivity contribution in [1.29, 1.82) is 0 Å². The summed E-state index contributed by atoms with van der Waals surface area (Å²) in [5.41, 5.74) is 6.28. The topological polar surface area (TPSA) is 311 Å². The zero-order valence-electron chi connectivity index (χ0n) is 41.7. The number of aryl methyl sites for hydroxylation is 1. The van der Waals surface area contributed by atoms with Crippen LogP contribution in [0.15, 0.2) is 47.3 Å². The number of benzene rings is 2. The summed E-state index contributed by atoms with van der Waals surface area (Å²) in [6.07, 6.45) is -0.506. The van der Waals surface area contributed by atoms with E-state index in [2.05, 4.69) is 21.3 Å². The molecule has 2 aromatic carbocycles. The van der Waals surface area contributed by atoms with Crippen LogP contribution in [-0.2, 0) is 74.6 Å². The summed E-state index contributed by atoms with van der Waals surface area (Å²) in [7, 11) is 0. The van der Waals surface area contributed by atoms with Crippen molar-refractivity contribution in [2.24, 2.45) is 5.73 Å². The fourth-order valence-electron chi connectivity index (χ4n) is 9.63. The van der Waals surface area contributed by atoms with Gasteiger partial charge in [-0.15, -0.1) is 0 Å². The van der Waals surface area contributed by atoms with E-state index in [1.54, 1.807) is 71.0 Å². The molecule has 0 radical (unpaired) electrons. The van der Waals surface area contributed by atoms with E-state index >= 15 is 4.39 Å². The molecular weight excluding hydrogens is 966 g/mol. The van der Waals surface area contributed by atoms with Crippen LogP contribution in [0, 0.1) is 12.7 Å². The number of hydrogen-bond donors (Lipinski definition) is 7. The lowest BCUT2D eigenvalue weighted by atomic mass is 9.81. The number of aliphatic carboxylic acids is 1. The highest BCUT2D eigenvalue weighted by atomic mass is 19.1. The standard InChI is InChI=1S/C51H60FN9O13/c1-6-51(72)32-19-37-45-30(23-61(37)46(68)31(32)26-73-48(51)70)44-34(13-12-29-27(2)33(52)20-35(58-45)43(29)44)56-39(63)14-15-59(25-42(66)67)16-17-60(24-38(53)62)47(69)36(18-28-10-8-7-9-11-28)57-41(65)22-54-40(64)21-55-49(71)74-50(3,4)5/h7-11,19-20,34,36,72H,6,12-18,21-26H2,1-5H3,(H2,53,62)(H,54,64)(H,55,71)(H,56,63)(H,57,65)(H,66,67)/t34-,36-,51-/m0/s1. The number of carboxylic acids is 1. The number of aromatic nitrogens is 2. The highest BCUT2D eigenvalue weighted by Gasteiger charge is 2.46. The molecule has 4 heterocycles. The SMILES string of the molecule is CC[C@@]1(O)C(=O)OCc2c1cc1n(c2=O)Cc2c-1nc1cc(F)c(C)c3c1c2[C@@H](NC(=O)CCN(CCN(CC(N)=O)C(=O)[C@H](Cc1ccccc1)NC(=O)CNC(=O)CNC(=O)OC(C)(C)C)CC(=O)O)CC3. The number of carboxylic acid groups (broad SMARTS) is 1. The van der Waals surface area contributed by atoms with Crippen LogP contribution in [0.4, 0.5) is 9.18 Å². The third-order valence-electron chi connectivity index (χ3n) is 13.2. The van der Waals surface area contributed by atoms with Gasteiger partial charge in [0.2, 0.25) is 29.5 Å². The highest BCUT2D eigenvalue weighted by Crippen LogP contribution is 2.46. The van der Waals surface area contributed by atoms with Crippen molar-refractivity contribution in [1.82, 2.24) is 40.6 Å². The molecule has 1 aliphatic carbocycles. The van der Waals surface area contributed by atoms with Crippen LogP contribution in [0.1, 0.15) is 91.9 Å². The van der Waals surface area contributed by atoms with Gasteiger partial charge >= 0.3 is 18.0 Å². The molecule has 2 aromatic heterocycles. The van der Waals surface area contributed by atoms with Crippen LogP contribution in [0.3, 0.4) is 0 Å². The van der Waals surface area contributed by atoms with Crippen LogP contribution in [0.2, 0.25) is 0 Å². The Labute approximate surface area is 424 Å². The predicted molar refractivity (Wildman–Crippen MR) is 262 cm³/mol. The lowest BCUT2D eigenvalue weighted by Gasteiger charge is -2.31. The van der Waals surface area contributed by atoms with Gasteiger partial charge in [-0.05, 0) is 75.3 Å². The molecule has 8 N–H and O–H groups in total. The molecule has 7 rings (SSSR count). The molecule has 74 heavy (non-hydrogen) atoms. The Kier molecular flexibility index (Phi) is 16.2. The number of fused-ring (bicyclic) bond motifs is 5. The molecule has 22 nitrogen and oxygen atoms in total. The molecule has 6 amide bonds. The van der Waals surface area contributed by atoms with Gasteiger partial charge in [0.15, 0.2) is 5.60 Å². The molecule has 3 atom stereocenters. The highest BCUT2D eigenvalue weighted by molar-refractivity contribution is 5.95. The summed E-state index contributed by atoms with van der Waals surface area (Å²) >= 11 is 0. The second-order valence-corrected chi connectivity index (χ2v) is 19.6. The number of carbonyl (C=O) groups is 8. The molecule has 4 aromatic rings. The average molecular weight is 1030 g/mol. The van der Waals surface area contributed by atoms with Gasteiger partial charge in [0.25, 0.3) is 5.56 Å². The van der Waals surface area contributed by atoms with Gasteiger partial charge in [-0.3, -0.25) is 38.5 Å². The quantitative estimate of drug-likeness (QED) is 0.0537. The molecule has 0 saturated carbocycles. The number of nitrogens with two attached hydrogens (primary N) is 1. The number of alkyl carbamates (subject to hydrolysis) is 1. The minimum atomic E-state index is -2.08. The van der Waals surface area contributed by atoms with Crippen molar-refractivity contribution in [3.8, 4) is 11.4 Å². The number of ether oxygens (including phenoxy) is 2. The first-order valence-electron chi connectivity index (χ1n) is 24.2. The maximum Gasteiger partial charge on any atom is 0.408 e. The smallest absolute Gasteiger partial charge is 0.408 e. The molecule has 0 saturated heterocycles. The first-order valence-corrected chi connectivity index (χ1v) is 24.2. The van der Waals surface area contributed by atoms with E-state index in [9.17, 15) is 53.4 Å². The molecule has 23 heteroatoms. The van der Waals surface area contributed by atoms with E-state index in [0.717, 1.165) is 4.90 Å². The van der Waals surface area contributed by atoms with Crippen LogP contribution in [0.5, 0.6) is 0 Å². The number of esters is 1. The van der Waals surface area contributed by atoms with E-state index in [-0.39, 0.29) is 68.7 Å². The van der Waals surface area contributed by atoms with E-state index in [1.807, 2.05) is 0 Å². The molecule has 2 aliphatic heterocycles. The number of cyclic esters (lactones) is 1. The molecule has 0 bridgehead atoms. The van der Waals surface area contributed by atoms with Gasteiger partial charge in [-0.25, -0.2) is 19.0 Å². The summed E-state index contributed by atoms with van der Waals surface area (Å²) in [5, 5.41) is 32.3. The van der Waals surface area contributed by atoms with Gasteiger partial charge in [0.05, 0.1) is 54.7 Å². The molecule has 0 unspecified atom stereocenters. The maximum atomic E-state index is 15.5. The Bertz CT molecular complexity index is 2990. The fraction of sp³-hybridized carbons (Fsp3) is 0.451. The number of rotatable bonds is 20. The predicted octanol–water partition coefficient (Wildman–Crippen LogP) is 1.09. The summed E-state index contributed by atoms with van der Waals surface area (Å²) in [5.74, 6) is -6.26. The molecule has 394 valence electrons. The first-order chi connectivity index (χ1) is 35.0. The number of halogens is 1. The van der Waals surface area contributed by atoms with Crippen LogP contribution in [-0.4, -0.2) is 135 Å². The Hall–Kier alpha value is -7.79. The largest absolute Gasteiger partial charge is 0.480 e. The number of amides is 6.